The first-order valence-electron chi connectivity index (χ1n) is 8.04. The van der Waals surface area contributed by atoms with E-state index in [4.69, 9.17) is 10.5 Å². The van der Waals surface area contributed by atoms with Crippen molar-refractivity contribution in [1.29, 1.82) is 0 Å². The van der Waals surface area contributed by atoms with Crippen LogP contribution < -0.4 is 11.1 Å². The first-order chi connectivity index (χ1) is 9.70. The van der Waals surface area contributed by atoms with Gasteiger partial charge in [-0.1, -0.05) is 19.3 Å². The molecule has 1 aliphatic heterocycles. The molecule has 0 spiro atoms. The first-order valence-corrected chi connectivity index (χ1v) is 8.04. The number of nitrogens with zero attached hydrogens (tertiary/aromatic N) is 1. The van der Waals surface area contributed by atoms with Crippen LogP contribution >= 0.6 is 24.8 Å². The van der Waals surface area contributed by atoms with Crippen LogP contribution in [0.5, 0.6) is 0 Å². The zero-order chi connectivity index (χ0) is 14.4. The lowest BCUT2D eigenvalue weighted by atomic mass is 9.94. The summed E-state index contributed by atoms with van der Waals surface area (Å²) in [6.45, 7) is 2.14. The average Bonchev–Trinajstić information content (AvgIpc) is 2.97. The number of likely N-dealkylation sites (N-methyl/N-ethyl adjacent to an activating group) is 1. The molecular formula is C15H31Cl2N3O2. The number of nitrogens with one attached hydrogen (secondary N) is 1. The molecule has 1 heterocycles. The van der Waals surface area contributed by atoms with Crippen LogP contribution in [-0.4, -0.2) is 55.7 Å². The molecule has 0 aromatic carbocycles. The van der Waals surface area contributed by atoms with Gasteiger partial charge in [-0.05, 0) is 32.7 Å². The highest BCUT2D eigenvalue weighted by molar-refractivity contribution is 5.85. The van der Waals surface area contributed by atoms with E-state index in [-0.39, 0.29) is 42.9 Å². The summed E-state index contributed by atoms with van der Waals surface area (Å²) in [5.74, 6) is 0.0259. The average molecular weight is 356 g/mol. The van der Waals surface area contributed by atoms with Crippen LogP contribution in [0.2, 0.25) is 0 Å². The van der Waals surface area contributed by atoms with E-state index in [0.29, 0.717) is 19.1 Å². The standard InChI is InChI=1S/C15H29N3O2.2ClH/c1-18(12-5-3-2-4-6-12)10-9-17-15(19)14-8-7-13(11-16)20-14;;/h12-14H,2-11,16H2,1H3,(H,17,19);2*1H/t13-,14+;;/m1../s1. The van der Waals surface area contributed by atoms with Crippen LogP contribution in [0.15, 0.2) is 0 Å². The molecule has 2 fully saturated rings. The molecule has 5 nitrogen and oxygen atoms in total. The Morgan fingerprint density at radius 3 is 2.45 bits per heavy atom. The van der Waals surface area contributed by atoms with Gasteiger partial charge in [0.25, 0.3) is 0 Å². The molecule has 2 aliphatic rings. The quantitative estimate of drug-likeness (QED) is 0.761. The maximum absolute atomic E-state index is 12.0. The molecule has 1 saturated heterocycles. The normalized spacial score (nSPS) is 25.4. The van der Waals surface area contributed by atoms with E-state index in [1.807, 2.05) is 0 Å². The smallest absolute Gasteiger partial charge is 0.249 e. The SMILES string of the molecule is CN(CCNC(=O)[C@@H]1CC[C@H](CN)O1)C1CCCCC1.Cl.Cl. The maximum Gasteiger partial charge on any atom is 0.249 e. The second-order valence-corrected chi connectivity index (χ2v) is 6.12. The van der Waals surface area contributed by atoms with Gasteiger partial charge in [0.05, 0.1) is 6.10 Å². The van der Waals surface area contributed by atoms with Crippen molar-refractivity contribution in [1.82, 2.24) is 10.2 Å². The molecule has 3 N–H and O–H groups in total. The summed E-state index contributed by atoms with van der Waals surface area (Å²) in [6, 6.07) is 0.699. The Hall–Kier alpha value is -0.0700. The monoisotopic (exact) mass is 355 g/mol. The van der Waals surface area contributed by atoms with E-state index in [2.05, 4.69) is 17.3 Å². The minimum absolute atomic E-state index is 0. The Morgan fingerprint density at radius 1 is 1.18 bits per heavy atom. The summed E-state index contributed by atoms with van der Waals surface area (Å²) in [5.41, 5.74) is 5.56. The van der Waals surface area contributed by atoms with Gasteiger partial charge >= 0.3 is 0 Å². The van der Waals surface area contributed by atoms with Crippen molar-refractivity contribution in [3.8, 4) is 0 Å². The molecule has 0 unspecified atom stereocenters. The third-order valence-corrected chi connectivity index (χ3v) is 4.62. The van der Waals surface area contributed by atoms with Gasteiger partial charge in [0.15, 0.2) is 0 Å². The van der Waals surface area contributed by atoms with Gasteiger partial charge in [-0.2, -0.15) is 0 Å². The highest BCUT2D eigenvalue weighted by Crippen LogP contribution is 2.21. The molecule has 0 radical (unpaired) electrons. The van der Waals surface area contributed by atoms with Crippen molar-refractivity contribution in [3.63, 3.8) is 0 Å². The highest BCUT2D eigenvalue weighted by atomic mass is 35.5. The molecule has 2 rings (SSSR count). The van der Waals surface area contributed by atoms with E-state index >= 15 is 0 Å². The third kappa shape index (κ3) is 6.59. The van der Waals surface area contributed by atoms with Crippen molar-refractivity contribution in [2.45, 2.75) is 63.2 Å². The molecule has 0 aromatic rings. The van der Waals surface area contributed by atoms with Gasteiger partial charge in [0.1, 0.15) is 6.10 Å². The molecule has 2 atom stereocenters. The lowest BCUT2D eigenvalue weighted by Gasteiger charge is -2.31. The summed E-state index contributed by atoms with van der Waals surface area (Å²) >= 11 is 0. The summed E-state index contributed by atoms with van der Waals surface area (Å²) in [5, 5.41) is 2.99. The van der Waals surface area contributed by atoms with Crippen LogP contribution in [0.3, 0.4) is 0 Å². The van der Waals surface area contributed by atoms with Gasteiger partial charge in [0.2, 0.25) is 5.91 Å². The van der Waals surface area contributed by atoms with E-state index in [1.165, 1.54) is 32.1 Å². The lowest BCUT2D eigenvalue weighted by molar-refractivity contribution is -0.131. The number of halogens is 2. The van der Waals surface area contributed by atoms with E-state index < -0.39 is 0 Å². The Kier molecular flexibility index (Phi) is 11.4. The predicted molar refractivity (Wildman–Crippen MR) is 94.0 cm³/mol. The van der Waals surface area contributed by atoms with Crippen molar-refractivity contribution in [2.75, 3.05) is 26.7 Å². The van der Waals surface area contributed by atoms with Gasteiger partial charge in [-0.3, -0.25) is 4.79 Å². The van der Waals surface area contributed by atoms with Gasteiger partial charge in [-0.25, -0.2) is 0 Å². The van der Waals surface area contributed by atoms with Crippen molar-refractivity contribution in [3.05, 3.63) is 0 Å². The number of hydrogen-bond donors (Lipinski definition) is 2. The fourth-order valence-corrected chi connectivity index (χ4v) is 3.25. The van der Waals surface area contributed by atoms with Crippen LogP contribution in [0.25, 0.3) is 0 Å². The zero-order valence-corrected chi connectivity index (χ0v) is 15.1. The summed E-state index contributed by atoms with van der Waals surface area (Å²) in [7, 11) is 2.17. The van der Waals surface area contributed by atoms with Crippen LogP contribution in [0.1, 0.15) is 44.9 Å². The maximum atomic E-state index is 12.0. The van der Waals surface area contributed by atoms with Gasteiger partial charge < -0.3 is 20.7 Å². The summed E-state index contributed by atoms with van der Waals surface area (Å²) in [4.78, 5) is 14.4. The minimum atomic E-state index is -0.288. The van der Waals surface area contributed by atoms with Crippen LogP contribution in [-0.2, 0) is 9.53 Å². The Labute approximate surface area is 146 Å². The number of rotatable bonds is 6. The number of hydrogen-bond acceptors (Lipinski definition) is 4. The van der Waals surface area contributed by atoms with Crippen LogP contribution in [0, 0.1) is 0 Å². The minimum Gasteiger partial charge on any atom is -0.364 e. The number of ether oxygens (including phenoxy) is 1. The molecule has 1 saturated carbocycles. The van der Waals surface area contributed by atoms with Gasteiger partial charge in [-0.15, -0.1) is 24.8 Å². The highest BCUT2D eigenvalue weighted by Gasteiger charge is 2.29. The topological polar surface area (TPSA) is 67.6 Å². The lowest BCUT2D eigenvalue weighted by Crippen LogP contribution is -2.42. The molecule has 132 valence electrons. The predicted octanol–water partition coefficient (Wildman–Crippen LogP) is 1.72. The van der Waals surface area contributed by atoms with Crippen molar-refractivity contribution < 1.29 is 9.53 Å². The number of carbonyl (C=O) groups is 1. The largest absolute Gasteiger partial charge is 0.364 e. The summed E-state index contributed by atoms with van der Waals surface area (Å²) < 4.78 is 5.60. The molecule has 0 bridgehead atoms. The molecule has 1 aliphatic carbocycles. The summed E-state index contributed by atoms with van der Waals surface area (Å²) in [6.07, 6.45) is 8.14. The van der Waals surface area contributed by atoms with Crippen LogP contribution in [0.4, 0.5) is 0 Å². The third-order valence-electron chi connectivity index (χ3n) is 4.62. The van der Waals surface area contributed by atoms with Gasteiger partial charge in [0, 0.05) is 25.7 Å². The fourth-order valence-electron chi connectivity index (χ4n) is 3.25. The number of carbonyl (C=O) groups excluding carboxylic acids is 1. The molecule has 0 aromatic heterocycles. The zero-order valence-electron chi connectivity index (χ0n) is 13.5. The second kappa shape index (κ2) is 11.5. The number of nitrogens with two attached hydrogens (primary N) is 1. The van der Waals surface area contributed by atoms with E-state index in [0.717, 1.165) is 19.4 Å². The number of amides is 1. The molecule has 1 amide bonds. The molecular weight excluding hydrogens is 325 g/mol. The molecule has 7 heteroatoms. The first kappa shape index (κ1) is 21.9. The Bertz CT molecular complexity index is 315. The van der Waals surface area contributed by atoms with Crippen molar-refractivity contribution in [2.24, 2.45) is 5.73 Å². The van der Waals surface area contributed by atoms with Crippen molar-refractivity contribution >= 4 is 30.7 Å². The Morgan fingerprint density at radius 2 is 1.86 bits per heavy atom. The Balaban J connectivity index is 0.00000220. The van der Waals surface area contributed by atoms with E-state index in [1.54, 1.807) is 0 Å². The second-order valence-electron chi connectivity index (χ2n) is 6.12. The fraction of sp³-hybridized carbons (Fsp3) is 0.933. The van der Waals surface area contributed by atoms with E-state index in [9.17, 15) is 4.79 Å². The molecule has 22 heavy (non-hydrogen) atoms.